The third kappa shape index (κ3) is 12.4. The minimum Gasteiger partial charge on any atom is -0.479 e. The van der Waals surface area contributed by atoms with Gasteiger partial charge in [0.05, 0.1) is 13.2 Å². The van der Waals surface area contributed by atoms with E-state index in [-0.39, 0.29) is 0 Å². The Balaban J connectivity index is 1.67. The summed E-state index contributed by atoms with van der Waals surface area (Å²) in [6.45, 7) is -0.659. The highest BCUT2D eigenvalue weighted by atomic mass is 32.3. The second-order valence-corrected chi connectivity index (χ2v) is 15.5. The first-order chi connectivity index (χ1) is 27.7. The van der Waals surface area contributed by atoms with Gasteiger partial charge in [-0.05, 0) is 6.08 Å². The van der Waals surface area contributed by atoms with Gasteiger partial charge in [-0.25, -0.2) is 18.0 Å². The van der Waals surface area contributed by atoms with Crippen LogP contribution >= 0.6 is 0 Å². The molecule has 30 nitrogen and oxygen atoms in total. The molecular weight excluding hydrogens is 876 g/mol. The SMILES string of the molecule is CC(=O)N[C@H]1[C@H](O[C@H]2[C@H](O)[C@@H](O)[C@H](O[C@H]3[C@@H](O)[C@@H](COS(=O)(=O)O)OC(O)[C@@H]3NC(C)=O)O[C@@H]2C(=O)O)O[C@H](COS(=O)(=O)O)[C@H](O)[C@@H]1O[C@@H]1OC(C(=O)O)=C[C@H](O)[C@H]1O. The molecule has 0 spiro atoms. The molecule has 344 valence electrons. The largest absolute Gasteiger partial charge is 0.479 e. The van der Waals surface area contributed by atoms with Gasteiger partial charge in [-0.15, -0.1) is 0 Å². The molecule has 0 aromatic rings. The lowest BCUT2D eigenvalue weighted by molar-refractivity contribution is -0.363. The van der Waals surface area contributed by atoms with Crippen molar-refractivity contribution in [3.05, 3.63) is 11.8 Å². The minimum atomic E-state index is -5.29. The molecule has 2 amide bonds. The van der Waals surface area contributed by atoms with Crippen LogP contribution in [0.4, 0.5) is 0 Å². The van der Waals surface area contributed by atoms with Gasteiger partial charge in [-0.3, -0.25) is 18.7 Å². The van der Waals surface area contributed by atoms with E-state index in [2.05, 4.69) is 19.0 Å². The molecule has 32 heteroatoms. The summed E-state index contributed by atoms with van der Waals surface area (Å²) in [4.78, 5) is 48.5. The topological polar surface area (TPSA) is 466 Å². The van der Waals surface area contributed by atoms with Crippen molar-refractivity contribution >= 4 is 44.6 Å². The van der Waals surface area contributed by atoms with Crippen molar-refractivity contribution in [2.24, 2.45) is 0 Å². The summed E-state index contributed by atoms with van der Waals surface area (Å²) in [6.07, 6.45) is -34.7. The fourth-order valence-corrected chi connectivity index (χ4v) is 6.90. The van der Waals surface area contributed by atoms with Gasteiger partial charge in [-0.2, -0.15) is 16.8 Å². The molecule has 3 saturated heterocycles. The van der Waals surface area contributed by atoms with E-state index in [1.807, 2.05) is 0 Å². The predicted molar refractivity (Wildman–Crippen MR) is 177 cm³/mol. The smallest absolute Gasteiger partial charge is 0.397 e. The molecule has 4 heterocycles. The Kier molecular flexibility index (Phi) is 16.3. The maximum Gasteiger partial charge on any atom is 0.397 e. The second kappa shape index (κ2) is 19.8. The quantitative estimate of drug-likeness (QED) is 0.0639. The molecule has 13 N–H and O–H groups in total. The molecule has 4 rings (SSSR count). The highest BCUT2D eigenvalue weighted by Crippen LogP contribution is 2.34. The van der Waals surface area contributed by atoms with Crippen LogP contribution in [0.5, 0.6) is 0 Å². The van der Waals surface area contributed by atoms with E-state index in [1.54, 1.807) is 0 Å². The van der Waals surface area contributed by atoms with E-state index in [1.165, 1.54) is 0 Å². The third-order valence-electron chi connectivity index (χ3n) is 8.94. The molecular formula is C28H42N2O28S2. The summed E-state index contributed by atoms with van der Waals surface area (Å²) in [7, 11) is -10.4. The van der Waals surface area contributed by atoms with Crippen LogP contribution in [0.2, 0.25) is 0 Å². The first kappa shape index (κ1) is 49.3. The summed E-state index contributed by atoms with van der Waals surface area (Å²) in [5, 5.41) is 99.9. The summed E-state index contributed by atoms with van der Waals surface area (Å²) < 4.78 is 110. The van der Waals surface area contributed by atoms with Crippen molar-refractivity contribution in [1.29, 1.82) is 0 Å². The van der Waals surface area contributed by atoms with Crippen molar-refractivity contribution < 1.29 is 133 Å². The number of hydrogen-bond acceptors (Lipinski definition) is 24. The number of aliphatic carboxylic acids is 2. The zero-order chi connectivity index (χ0) is 45.2. The number of carboxylic acids is 2. The number of aliphatic hydroxyl groups is 7. The van der Waals surface area contributed by atoms with Crippen LogP contribution in [0.3, 0.4) is 0 Å². The highest BCUT2D eigenvalue weighted by molar-refractivity contribution is 7.81. The van der Waals surface area contributed by atoms with Gasteiger partial charge in [0, 0.05) is 13.8 Å². The summed E-state index contributed by atoms with van der Waals surface area (Å²) in [6, 6.07) is -3.77. The van der Waals surface area contributed by atoms with Crippen LogP contribution in [-0.2, 0) is 81.5 Å². The monoisotopic (exact) mass is 918 g/mol. The highest BCUT2D eigenvalue weighted by Gasteiger charge is 2.57. The van der Waals surface area contributed by atoms with E-state index in [0.29, 0.717) is 6.08 Å². The van der Waals surface area contributed by atoms with E-state index in [9.17, 15) is 82.0 Å². The number of aliphatic hydroxyl groups excluding tert-OH is 7. The zero-order valence-electron chi connectivity index (χ0n) is 30.6. The van der Waals surface area contributed by atoms with Crippen molar-refractivity contribution in [2.45, 2.75) is 124 Å². The van der Waals surface area contributed by atoms with Crippen LogP contribution in [0, 0.1) is 0 Å². The van der Waals surface area contributed by atoms with Crippen LogP contribution in [-0.4, -0.2) is 219 Å². The van der Waals surface area contributed by atoms with Gasteiger partial charge < -0.3 is 89.8 Å². The Bertz CT molecular complexity index is 1820. The Morgan fingerprint density at radius 2 is 1.12 bits per heavy atom. The Morgan fingerprint density at radius 3 is 1.62 bits per heavy atom. The maximum atomic E-state index is 12.6. The molecule has 18 atom stereocenters. The molecule has 60 heavy (non-hydrogen) atoms. The maximum absolute atomic E-state index is 12.6. The van der Waals surface area contributed by atoms with Crippen molar-refractivity contribution in [2.75, 3.05) is 13.2 Å². The predicted octanol–water partition coefficient (Wildman–Crippen LogP) is -8.47. The van der Waals surface area contributed by atoms with E-state index < -0.39 is 174 Å². The second-order valence-electron chi connectivity index (χ2n) is 13.3. The van der Waals surface area contributed by atoms with Crippen molar-refractivity contribution in [3.8, 4) is 0 Å². The van der Waals surface area contributed by atoms with Crippen molar-refractivity contribution in [1.82, 2.24) is 10.6 Å². The van der Waals surface area contributed by atoms with E-state index >= 15 is 0 Å². The fraction of sp³-hybridized carbons (Fsp3) is 0.786. The van der Waals surface area contributed by atoms with Crippen LogP contribution in [0.15, 0.2) is 11.8 Å². The van der Waals surface area contributed by atoms with Gasteiger partial charge in [-0.1, -0.05) is 0 Å². The molecule has 0 radical (unpaired) electrons. The first-order valence-corrected chi connectivity index (χ1v) is 19.7. The van der Waals surface area contributed by atoms with Crippen LogP contribution < -0.4 is 10.6 Å². The minimum absolute atomic E-state index is 0.577. The molecule has 1 unspecified atom stereocenters. The van der Waals surface area contributed by atoms with Gasteiger partial charge in [0.2, 0.25) is 23.9 Å². The number of nitrogens with one attached hydrogen (secondary N) is 2. The normalized spacial score (nSPS) is 40.1. The number of carboxylic acid groups (broad SMARTS) is 2. The number of rotatable bonds is 16. The molecule has 0 aromatic heterocycles. The number of hydrogen-bond donors (Lipinski definition) is 13. The first-order valence-electron chi connectivity index (χ1n) is 17.0. The van der Waals surface area contributed by atoms with E-state index in [0.717, 1.165) is 13.8 Å². The number of amides is 2. The lowest BCUT2D eigenvalue weighted by Crippen LogP contribution is -2.70. The number of ether oxygens (including phenoxy) is 7. The Morgan fingerprint density at radius 1 is 0.633 bits per heavy atom. The average Bonchev–Trinajstić information content (AvgIpc) is 3.12. The molecule has 0 saturated carbocycles. The Labute approximate surface area is 336 Å². The fourth-order valence-electron chi connectivity index (χ4n) is 6.29. The molecule has 0 bridgehead atoms. The lowest BCUT2D eigenvalue weighted by atomic mass is 9.94. The van der Waals surface area contributed by atoms with Crippen molar-refractivity contribution in [3.63, 3.8) is 0 Å². The molecule has 4 aliphatic rings. The van der Waals surface area contributed by atoms with E-state index in [4.69, 9.17) is 42.3 Å². The summed E-state index contributed by atoms with van der Waals surface area (Å²) in [5.74, 6) is -6.62. The number of carbonyl (C=O) groups excluding carboxylic acids is 2. The van der Waals surface area contributed by atoms with Gasteiger partial charge in [0.15, 0.2) is 25.0 Å². The third-order valence-corrected chi connectivity index (χ3v) is 9.80. The van der Waals surface area contributed by atoms with Crippen LogP contribution in [0.1, 0.15) is 13.8 Å². The average molecular weight is 919 g/mol. The van der Waals surface area contributed by atoms with Gasteiger partial charge in [0.25, 0.3) is 0 Å². The summed E-state index contributed by atoms with van der Waals surface area (Å²) >= 11 is 0. The van der Waals surface area contributed by atoms with Crippen LogP contribution in [0.25, 0.3) is 0 Å². The number of carbonyl (C=O) groups is 4. The zero-order valence-corrected chi connectivity index (χ0v) is 32.2. The standard InChI is InChI=1S/C28H42N2O28S2/c1-6(31)29-12-19(15(35)10(52-25(12)43)4-50-59(44,45)46)55-28-18(38)17(37)21(22(58-28)24(41)42)57-26-13(30-7(2)32)20(16(36)11(54-26)5-51-60(47,48)49)56-27-14(34)8(33)3-9(53-27)23(39)40/h3,8,10-22,25-28,33-38,43H,4-5H2,1-2H3,(H,29,31)(H,30,32)(H,39,40)(H,41,42)(H,44,45,46)(H,47,48,49)/t8-,10+,11+,12+,13+,14+,15-,16-,17+,18+,19+,20+,21-,22-,25?,26-,27-,28+/m0/s1. The Hall–Kier alpha value is -3.36. The summed E-state index contributed by atoms with van der Waals surface area (Å²) in [5.41, 5.74) is 0. The molecule has 3 fully saturated rings. The van der Waals surface area contributed by atoms with Gasteiger partial charge >= 0.3 is 32.7 Å². The molecule has 0 aromatic carbocycles. The van der Waals surface area contributed by atoms with Gasteiger partial charge in [0.1, 0.15) is 79.2 Å². The lowest BCUT2D eigenvalue weighted by Gasteiger charge is -2.49. The molecule has 4 aliphatic heterocycles. The molecule has 0 aliphatic carbocycles.